The number of morpholine rings is 1. The van der Waals surface area contributed by atoms with Crippen LogP contribution in [0.5, 0.6) is 0 Å². The second-order valence-corrected chi connectivity index (χ2v) is 5.44. The maximum Gasteiger partial charge on any atom is 0.256 e. The van der Waals surface area contributed by atoms with E-state index in [1.54, 1.807) is 29.2 Å². The summed E-state index contributed by atoms with van der Waals surface area (Å²) in [4.78, 5) is 26.5. The number of benzene rings is 1. The number of nitrogens with one attached hydrogen (secondary N) is 1. The van der Waals surface area contributed by atoms with Crippen LogP contribution in [0.25, 0.3) is 0 Å². The van der Waals surface area contributed by atoms with E-state index < -0.39 is 6.10 Å². The fraction of sp³-hybridized carbons (Fsp3) is 0.500. The fourth-order valence-electron chi connectivity index (χ4n) is 2.71. The van der Waals surface area contributed by atoms with E-state index >= 15 is 0 Å². The Labute approximate surface area is 129 Å². The summed E-state index contributed by atoms with van der Waals surface area (Å²) in [6.45, 7) is 2.87. The van der Waals surface area contributed by atoms with Gasteiger partial charge in [-0.25, -0.2) is 0 Å². The van der Waals surface area contributed by atoms with Gasteiger partial charge in [0, 0.05) is 19.7 Å². The van der Waals surface area contributed by atoms with Crippen molar-refractivity contribution < 1.29 is 19.1 Å². The Kier molecular flexibility index (Phi) is 4.70. The zero-order chi connectivity index (χ0) is 15.4. The molecule has 2 saturated heterocycles. The van der Waals surface area contributed by atoms with E-state index in [-0.39, 0.29) is 11.8 Å². The summed E-state index contributed by atoms with van der Waals surface area (Å²) < 4.78 is 10.6. The van der Waals surface area contributed by atoms with E-state index in [2.05, 4.69) is 5.32 Å². The molecule has 22 heavy (non-hydrogen) atoms. The van der Waals surface area contributed by atoms with E-state index in [0.717, 1.165) is 12.8 Å². The number of hydrogen-bond acceptors (Lipinski definition) is 4. The number of carbonyl (C=O) groups is 2. The first kappa shape index (κ1) is 15.0. The summed E-state index contributed by atoms with van der Waals surface area (Å²) in [5, 5.41) is 2.83. The zero-order valence-electron chi connectivity index (χ0n) is 12.4. The van der Waals surface area contributed by atoms with Crippen LogP contribution in [-0.2, 0) is 14.3 Å². The lowest BCUT2D eigenvalue weighted by Gasteiger charge is -2.27. The minimum absolute atomic E-state index is 0.0773. The van der Waals surface area contributed by atoms with Gasteiger partial charge in [0.05, 0.1) is 24.5 Å². The van der Waals surface area contributed by atoms with Crippen LogP contribution in [0.3, 0.4) is 0 Å². The minimum atomic E-state index is -0.411. The van der Waals surface area contributed by atoms with Crippen molar-refractivity contribution >= 4 is 17.5 Å². The summed E-state index contributed by atoms with van der Waals surface area (Å²) in [5.74, 6) is -0.258. The lowest BCUT2D eigenvalue weighted by molar-refractivity contribution is -0.124. The average molecular weight is 304 g/mol. The van der Waals surface area contributed by atoms with Crippen LogP contribution in [0.15, 0.2) is 24.3 Å². The molecule has 1 aromatic carbocycles. The number of carbonyl (C=O) groups excluding carboxylic acids is 2. The van der Waals surface area contributed by atoms with Crippen molar-refractivity contribution in [2.45, 2.75) is 18.9 Å². The maximum atomic E-state index is 12.6. The third-order valence-corrected chi connectivity index (χ3v) is 3.94. The second-order valence-electron chi connectivity index (χ2n) is 5.44. The molecule has 2 fully saturated rings. The van der Waals surface area contributed by atoms with Crippen molar-refractivity contribution in [2.75, 3.05) is 38.2 Å². The van der Waals surface area contributed by atoms with Gasteiger partial charge in [-0.2, -0.15) is 0 Å². The molecule has 1 atom stereocenters. The van der Waals surface area contributed by atoms with E-state index in [1.165, 1.54) is 0 Å². The number of para-hydroxylation sites is 1. The molecule has 0 spiro atoms. The SMILES string of the molecule is O=C(Nc1ccccc1C(=O)N1CCOCC1)[C@H]1CCCO1. The van der Waals surface area contributed by atoms with Crippen LogP contribution in [0.2, 0.25) is 0 Å². The monoisotopic (exact) mass is 304 g/mol. The van der Waals surface area contributed by atoms with Gasteiger partial charge in [0.2, 0.25) is 0 Å². The van der Waals surface area contributed by atoms with E-state index in [9.17, 15) is 9.59 Å². The van der Waals surface area contributed by atoms with Gasteiger partial charge in [0.25, 0.3) is 11.8 Å². The molecule has 1 aromatic rings. The number of nitrogens with zero attached hydrogens (tertiary/aromatic N) is 1. The molecule has 0 bridgehead atoms. The highest BCUT2D eigenvalue weighted by molar-refractivity contribution is 6.04. The van der Waals surface area contributed by atoms with Crippen LogP contribution in [-0.4, -0.2) is 55.7 Å². The van der Waals surface area contributed by atoms with Crippen molar-refractivity contribution in [3.8, 4) is 0 Å². The molecule has 0 radical (unpaired) electrons. The van der Waals surface area contributed by atoms with Gasteiger partial charge in [-0.05, 0) is 25.0 Å². The Hall–Kier alpha value is -1.92. The quantitative estimate of drug-likeness (QED) is 0.913. The number of rotatable bonds is 3. The van der Waals surface area contributed by atoms with Crippen molar-refractivity contribution in [2.24, 2.45) is 0 Å². The van der Waals surface area contributed by atoms with Crippen molar-refractivity contribution in [3.05, 3.63) is 29.8 Å². The van der Waals surface area contributed by atoms with Crippen LogP contribution >= 0.6 is 0 Å². The molecule has 118 valence electrons. The van der Waals surface area contributed by atoms with E-state index in [0.29, 0.717) is 44.2 Å². The number of anilines is 1. The van der Waals surface area contributed by atoms with Gasteiger partial charge in [-0.3, -0.25) is 9.59 Å². The largest absolute Gasteiger partial charge is 0.378 e. The molecule has 6 nitrogen and oxygen atoms in total. The summed E-state index contributed by atoms with van der Waals surface area (Å²) >= 11 is 0. The van der Waals surface area contributed by atoms with Gasteiger partial charge in [-0.15, -0.1) is 0 Å². The number of ether oxygens (including phenoxy) is 2. The van der Waals surface area contributed by atoms with Crippen LogP contribution in [0.1, 0.15) is 23.2 Å². The molecule has 0 saturated carbocycles. The smallest absolute Gasteiger partial charge is 0.256 e. The Morgan fingerprint density at radius 2 is 1.91 bits per heavy atom. The third-order valence-electron chi connectivity index (χ3n) is 3.94. The summed E-state index contributed by atoms with van der Waals surface area (Å²) in [6.07, 6.45) is 1.21. The lowest BCUT2D eigenvalue weighted by Crippen LogP contribution is -2.41. The van der Waals surface area contributed by atoms with Crippen LogP contribution in [0, 0.1) is 0 Å². The predicted octanol–water partition coefficient (Wildman–Crippen LogP) is 1.28. The molecule has 2 amide bonds. The number of amides is 2. The molecule has 2 aliphatic rings. The normalized spacial score (nSPS) is 21.6. The Morgan fingerprint density at radius 3 is 2.64 bits per heavy atom. The van der Waals surface area contributed by atoms with Crippen LogP contribution < -0.4 is 5.32 Å². The first-order valence-electron chi connectivity index (χ1n) is 7.64. The van der Waals surface area contributed by atoms with E-state index in [1.807, 2.05) is 0 Å². The molecule has 0 aliphatic carbocycles. The standard InChI is InChI=1S/C16H20N2O4/c19-15(14-6-3-9-22-14)17-13-5-2-1-4-12(13)16(20)18-7-10-21-11-8-18/h1-2,4-5,14H,3,6-11H2,(H,17,19)/t14-/m1/s1. The van der Waals surface area contributed by atoms with Gasteiger partial charge in [0.15, 0.2) is 0 Å². The van der Waals surface area contributed by atoms with Crippen molar-refractivity contribution in [1.29, 1.82) is 0 Å². The van der Waals surface area contributed by atoms with Gasteiger partial charge >= 0.3 is 0 Å². The highest BCUT2D eigenvalue weighted by atomic mass is 16.5. The molecule has 0 aromatic heterocycles. The highest BCUT2D eigenvalue weighted by Gasteiger charge is 2.26. The average Bonchev–Trinajstić information content (AvgIpc) is 3.10. The van der Waals surface area contributed by atoms with Crippen LogP contribution in [0.4, 0.5) is 5.69 Å². The summed E-state index contributed by atoms with van der Waals surface area (Å²) in [6, 6.07) is 7.10. The Bertz CT molecular complexity index is 549. The molecular weight excluding hydrogens is 284 g/mol. The zero-order valence-corrected chi connectivity index (χ0v) is 12.4. The van der Waals surface area contributed by atoms with E-state index in [4.69, 9.17) is 9.47 Å². The summed E-state index contributed by atoms with van der Waals surface area (Å²) in [7, 11) is 0. The van der Waals surface area contributed by atoms with Gasteiger partial charge < -0.3 is 19.7 Å². The number of hydrogen-bond donors (Lipinski definition) is 1. The fourth-order valence-corrected chi connectivity index (χ4v) is 2.71. The first-order chi connectivity index (χ1) is 10.8. The van der Waals surface area contributed by atoms with Crippen molar-refractivity contribution in [1.82, 2.24) is 4.90 Å². The molecule has 2 aliphatic heterocycles. The molecule has 1 N–H and O–H groups in total. The van der Waals surface area contributed by atoms with Gasteiger partial charge in [0.1, 0.15) is 6.10 Å². The predicted molar refractivity (Wildman–Crippen MR) is 80.8 cm³/mol. The minimum Gasteiger partial charge on any atom is -0.378 e. The lowest BCUT2D eigenvalue weighted by atomic mass is 10.1. The third kappa shape index (κ3) is 3.28. The first-order valence-corrected chi connectivity index (χ1v) is 7.64. The van der Waals surface area contributed by atoms with Crippen molar-refractivity contribution in [3.63, 3.8) is 0 Å². The molecule has 6 heteroatoms. The molecular formula is C16H20N2O4. The second kappa shape index (κ2) is 6.89. The Balaban J connectivity index is 1.74. The molecule has 3 rings (SSSR count). The highest BCUT2D eigenvalue weighted by Crippen LogP contribution is 2.20. The molecule has 0 unspecified atom stereocenters. The Morgan fingerprint density at radius 1 is 1.14 bits per heavy atom. The maximum absolute atomic E-state index is 12.6. The van der Waals surface area contributed by atoms with Gasteiger partial charge in [-0.1, -0.05) is 12.1 Å². The topological polar surface area (TPSA) is 67.9 Å². The summed E-state index contributed by atoms with van der Waals surface area (Å²) in [5.41, 5.74) is 1.05. The molecule has 2 heterocycles.